The Kier molecular flexibility index (Phi) is 7.48. The zero-order valence-electron chi connectivity index (χ0n) is 17.1. The molecule has 0 spiro atoms. The average molecular weight is 423 g/mol. The molecule has 0 bridgehead atoms. The lowest BCUT2D eigenvalue weighted by Crippen LogP contribution is -2.47. The van der Waals surface area contributed by atoms with E-state index in [1.807, 2.05) is 19.0 Å². The minimum Gasteiger partial charge on any atom is -0.451 e. The maximum atomic E-state index is 12.9. The van der Waals surface area contributed by atoms with Crippen LogP contribution in [0.1, 0.15) is 25.3 Å². The Labute approximate surface area is 173 Å². The number of halogens is 3. The molecule has 30 heavy (non-hydrogen) atoms. The molecule has 0 unspecified atom stereocenters. The second-order valence-corrected chi connectivity index (χ2v) is 7.45. The second-order valence-electron chi connectivity index (χ2n) is 7.45. The van der Waals surface area contributed by atoms with E-state index in [4.69, 9.17) is 4.74 Å². The molecule has 2 rings (SSSR count). The summed E-state index contributed by atoms with van der Waals surface area (Å²) in [7, 11) is 3.73. The summed E-state index contributed by atoms with van der Waals surface area (Å²) in [5.41, 5.74) is 1.15. The largest absolute Gasteiger partial charge is 0.451 e. The lowest BCUT2D eigenvalue weighted by molar-refractivity contribution is -0.170. The van der Waals surface area contributed by atoms with Crippen molar-refractivity contribution in [2.75, 3.05) is 32.1 Å². The van der Waals surface area contributed by atoms with Gasteiger partial charge in [-0.25, -0.2) is 4.79 Å². The van der Waals surface area contributed by atoms with Crippen molar-refractivity contribution in [3.05, 3.63) is 35.4 Å². The Morgan fingerprint density at radius 3 is 2.33 bits per heavy atom. The number of esters is 1. The quantitative estimate of drug-likeness (QED) is 0.364. The number of alkyl halides is 3. The van der Waals surface area contributed by atoms with Gasteiger partial charge in [-0.1, -0.05) is 12.1 Å². The average Bonchev–Trinajstić information content (AvgIpc) is 3.52. The highest BCUT2D eigenvalue weighted by atomic mass is 19.4. The molecule has 1 amide bonds. The van der Waals surface area contributed by atoms with Crippen LogP contribution in [0.15, 0.2) is 29.8 Å². The molecule has 9 heteroatoms. The highest BCUT2D eigenvalue weighted by Crippen LogP contribution is 2.36. The van der Waals surface area contributed by atoms with Gasteiger partial charge in [-0.05, 0) is 49.5 Å². The Morgan fingerprint density at radius 2 is 1.87 bits per heavy atom. The van der Waals surface area contributed by atoms with Crippen LogP contribution in [0, 0.1) is 17.2 Å². The van der Waals surface area contributed by atoms with E-state index in [0.717, 1.165) is 18.5 Å². The number of carbonyl (C=O) groups is 2. The number of anilines is 1. The van der Waals surface area contributed by atoms with Crippen LogP contribution in [0.3, 0.4) is 0 Å². The van der Waals surface area contributed by atoms with Crippen LogP contribution < -0.4 is 4.90 Å². The molecule has 162 valence electrons. The molecule has 0 N–H and O–H groups in total. The molecule has 1 fully saturated rings. The summed E-state index contributed by atoms with van der Waals surface area (Å²) >= 11 is 0. The van der Waals surface area contributed by atoms with Gasteiger partial charge >= 0.3 is 12.1 Å². The van der Waals surface area contributed by atoms with Crippen molar-refractivity contribution in [2.45, 2.75) is 32.0 Å². The molecule has 0 aliphatic heterocycles. The maximum absolute atomic E-state index is 12.9. The summed E-state index contributed by atoms with van der Waals surface area (Å²) in [5, 5.41) is 9.23. The summed E-state index contributed by atoms with van der Waals surface area (Å²) in [5.74, 6) is -1.98. The van der Waals surface area contributed by atoms with Gasteiger partial charge in [0.25, 0.3) is 5.91 Å². The van der Waals surface area contributed by atoms with Crippen LogP contribution in [0.2, 0.25) is 0 Å². The van der Waals surface area contributed by atoms with Crippen molar-refractivity contribution in [1.29, 1.82) is 5.26 Å². The molecule has 1 aliphatic rings. The van der Waals surface area contributed by atoms with Gasteiger partial charge in [0.1, 0.15) is 18.2 Å². The van der Waals surface area contributed by atoms with E-state index < -0.39 is 37.2 Å². The first-order chi connectivity index (χ1) is 14.0. The highest BCUT2D eigenvalue weighted by molar-refractivity contribution is 5.98. The second kappa shape index (κ2) is 9.65. The molecule has 1 aliphatic carbocycles. The van der Waals surface area contributed by atoms with E-state index in [9.17, 15) is 28.0 Å². The molecule has 0 saturated heterocycles. The molecule has 0 aromatic heterocycles. The predicted molar refractivity (Wildman–Crippen MR) is 105 cm³/mol. The van der Waals surface area contributed by atoms with Crippen molar-refractivity contribution in [1.82, 2.24) is 4.90 Å². The molecule has 1 saturated carbocycles. The first kappa shape index (κ1) is 23.3. The van der Waals surface area contributed by atoms with Crippen LogP contribution >= 0.6 is 0 Å². The smallest absolute Gasteiger partial charge is 0.406 e. The molecule has 0 heterocycles. The third kappa shape index (κ3) is 6.79. The van der Waals surface area contributed by atoms with Crippen LogP contribution in [-0.2, 0) is 14.3 Å². The minimum atomic E-state index is -4.56. The summed E-state index contributed by atoms with van der Waals surface area (Å²) < 4.78 is 43.4. The normalized spacial score (nSPS) is 15.2. The zero-order valence-corrected chi connectivity index (χ0v) is 17.1. The van der Waals surface area contributed by atoms with Gasteiger partial charge in [0, 0.05) is 25.8 Å². The number of carbonyl (C=O) groups excluding carboxylic acids is 2. The third-order valence-electron chi connectivity index (χ3n) is 4.85. The lowest BCUT2D eigenvalue weighted by Gasteiger charge is -2.30. The van der Waals surface area contributed by atoms with Crippen molar-refractivity contribution in [2.24, 2.45) is 5.92 Å². The van der Waals surface area contributed by atoms with Crippen LogP contribution in [0.4, 0.5) is 18.9 Å². The Balaban J connectivity index is 2.03. The van der Waals surface area contributed by atoms with E-state index in [1.54, 1.807) is 37.3 Å². The van der Waals surface area contributed by atoms with Gasteiger partial charge in [-0.2, -0.15) is 18.4 Å². The Morgan fingerprint density at radius 1 is 1.27 bits per heavy atom. The van der Waals surface area contributed by atoms with Gasteiger partial charge in [-0.3, -0.25) is 4.79 Å². The third-order valence-corrected chi connectivity index (χ3v) is 4.85. The number of nitrogens with zero attached hydrogens (tertiary/aromatic N) is 3. The van der Waals surface area contributed by atoms with Gasteiger partial charge in [0.15, 0.2) is 6.61 Å². The first-order valence-electron chi connectivity index (χ1n) is 9.44. The maximum Gasteiger partial charge on any atom is 0.406 e. The molecule has 1 aromatic carbocycles. The molecule has 1 aromatic rings. The van der Waals surface area contributed by atoms with E-state index in [2.05, 4.69) is 0 Å². The number of rotatable bonds is 8. The molecular formula is C21H24F3N3O3. The Hall–Kier alpha value is -3.02. The summed E-state index contributed by atoms with van der Waals surface area (Å²) in [6.45, 7) is -0.702. The number of benzene rings is 1. The van der Waals surface area contributed by atoms with Crippen molar-refractivity contribution < 1.29 is 27.5 Å². The topological polar surface area (TPSA) is 73.6 Å². The standard InChI is InChI=1S/C21H24F3N3O3/c1-14(16-6-7-16)27(13-21(22,23)24)19(28)12-30-20(29)17(11-25)10-15-4-8-18(9-5-15)26(2)3/h4-5,8-10,14,16H,6-7,12-13H2,1-3H3/b17-10+/t14-/m1/s1. The molecule has 0 radical (unpaired) electrons. The van der Waals surface area contributed by atoms with Crippen LogP contribution in [0.25, 0.3) is 6.08 Å². The zero-order chi connectivity index (χ0) is 22.5. The fourth-order valence-corrected chi connectivity index (χ4v) is 2.95. The van der Waals surface area contributed by atoms with Crippen LogP contribution in [-0.4, -0.2) is 56.2 Å². The van der Waals surface area contributed by atoms with E-state index >= 15 is 0 Å². The van der Waals surface area contributed by atoms with Gasteiger partial charge in [0.05, 0.1) is 0 Å². The van der Waals surface area contributed by atoms with E-state index in [0.29, 0.717) is 10.5 Å². The van der Waals surface area contributed by atoms with Crippen molar-refractivity contribution in [3.8, 4) is 6.07 Å². The van der Waals surface area contributed by atoms with Gasteiger partial charge < -0.3 is 14.5 Å². The number of ether oxygens (including phenoxy) is 1. The molecular weight excluding hydrogens is 399 g/mol. The number of hydrogen-bond donors (Lipinski definition) is 0. The molecule has 1 atom stereocenters. The SMILES string of the molecule is C[C@H](C1CC1)N(CC(F)(F)F)C(=O)COC(=O)/C(C#N)=C/c1ccc(N(C)C)cc1. The molecule has 6 nitrogen and oxygen atoms in total. The monoisotopic (exact) mass is 423 g/mol. The lowest BCUT2D eigenvalue weighted by atomic mass is 10.1. The van der Waals surface area contributed by atoms with Crippen LogP contribution in [0.5, 0.6) is 0 Å². The first-order valence-corrected chi connectivity index (χ1v) is 9.44. The minimum absolute atomic E-state index is 0.0201. The fraction of sp³-hybridized carbons (Fsp3) is 0.476. The number of amides is 1. The summed E-state index contributed by atoms with van der Waals surface area (Å²) in [4.78, 5) is 27.1. The summed E-state index contributed by atoms with van der Waals surface area (Å²) in [6.07, 6.45) is -1.74. The van der Waals surface area contributed by atoms with Gasteiger partial charge in [-0.15, -0.1) is 0 Å². The van der Waals surface area contributed by atoms with Crippen molar-refractivity contribution in [3.63, 3.8) is 0 Å². The Bertz CT molecular complexity index is 838. The number of hydrogen-bond acceptors (Lipinski definition) is 5. The predicted octanol–water partition coefficient (Wildman–Crippen LogP) is 3.39. The fourth-order valence-electron chi connectivity index (χ4n) is 2.95. The van der Waals surface area contributed by atoms with E-state index in [1.165, 1.54) is 6.08 Å². The summed E-state index contributed by atoms with van der Waals surface area (Å²) in [6, 6.07) is 8.10. The van der Waals surface area contributed by atoms with Crippen molar-refractivity contribution >= 4 is 23.6 Å². The van der Waals surface area contributed by atoms with E-state index in [-0.39, 0.29) is 11.5 Å². The number of nitriles is 1. The highest BCUT2D eigenvalue weighted by Gasteiger charge is 2.40. The van der Waals surface area contributed by atoms with Gasteiger partial charge in [0.2, 0.25) is 0 Å².